The van der Waals surface area contributed by atoms with Gasteiger partial charge in [-0.05, 0) is 12.3 Å². The van der Waals surface area contributed by atoms with Gasteiger partial charge < -0.3 is 5.11 Å². The molecule has 0 aromatic carbocycles. The predicted molar refractivity (Wildman–Crippen MR) is 48.9 cm³/mol. The van der Waals surface area contributed by atoms with E-state index in [4.69, 9.17) is 5.11 Å². The third kappa shape index (κ3) is 3.04. The highest BCUT2D eigenvalue weighted by Gasteiger charge is 2.07. The molecule has 0 saturated heterocycles. The van der Waals surface area contributed by atoms with Crippen molar-refractivity contribution in [1.29, 1.82) is 0 Å². The molecule has 1 atom stereocenters. The smallest absolute Gasteiger partial charge is 0.343 e. The van der Waals surface area contributed by atoms with Gasteiger partial charge in [-0.15, -0.1) is 0 Å². The number of aliphatic carboxylic acids is 1. The molecule has 1 rings (SSSR count). The lowest BCUT2D eigenvalue weighted by Gasteiger charge is -2.08. The van der Waals surface area contributed by atoms with E-state index in [1.165, 1.54) is 10.9 Å². The maximum absolute atomic E-state index is 11.0. The molecule has 0 aliphatic heterocycles. The van der Waals surface area contributed by atoms with Crippen LogP contribution in [-0.4, -0.2) is 25.8 Å². The largest absolute Gasteiger partial charge is 0.481 e. The fraction of sp³-hybridized carbons (Fsp3) is 0.625. The molecule has 0 aliphatic rings. The molecule has 1 heterocycles. The summed E-state index contributed by atoms with van der Waals surface area (Å²) in [7, 11) is 0. The maximum Gasteiger partial charge on any atom is 0.343 e. The lowest BCUT2D eigenvalue weighted by molar-refractivity contribution is -0.137. The molecule has 1 aromatic rings. The highest BCUT2D eigenvalue weighted by atomic mass is 16.4. The molecule has 1 aromatic heterocycles. The summed E-state index contributed by atoms with van der Waals surface area (Å²) >= 11 is 0. The molecule has 0 bridgehead atoms. The van der Waals surface area contributed by atoms with E-state index < -0.39 is 5.97 Å². The second kappa shape index (κ2) is 4.59. The summed E-state index contributed by atoms with van der Waals surface area (Å²) in [6.07, 6.45) is 2.11. The summed E-state index contributed by atoms with van der Waals surface area (Å²) in [6.45, 7) is 2.41. The van der Waals surface area contributed by atoms with Crippen LogP contribution in [0.4, 0.5) is 0 Å². The molecule has 1 unspecified atom stereocenters. The van der Waals surface area contributed by atoms with Crippen molar-refractivity contribution in [1.82, 2.24) is 14.8 Å². The Kier molecular flexibility index (Phi) is 3.44. The minimum absolute atomic E-state index is 0.133. The van der Waals surface area contributed by atoms with E-state index in [9.17, 15) is 9.59 Å². The van der Waals surface area contributed by atoms with Crippen molar-refractivity contribution in [2.75, 3.05) is 0 Å². The van der Waals surface area contributed by atoms with Gasteiger partial charge in [0.05, 0.1) is 0 Å². The van der Waals surface area contributed by atoms with E-state index in [2.05, 4.69) is 10.2 Å². The van der Waals surface area contributed by atoms with Crippen LogP contribution in [0, 0.1) is 5.92 Å². The first-order valence-electron chi connectivity index (χ1n) is 4.41. The van der Waals surface area contributed by atoms with E-state index in [0.29, 0.717) is 13.0 Å². The summed E-state index contributed by atoms with van der Waals surface area (Å²) in [5.74, 6) is -0.655. The molecule has 0 radical (unpaired) electrons. The van der Waals surface area contributed by atoms with Crippen molar-refractivity contribution in [3.05, 3.63) is 16.8 Å². The summed E-state index contributed by atoms with van der Waals surface area (Å²) in [5, 5.41) is 14.3. The van der Waals surface area contributed by atoms with Crippen molar-refractivity contribution < 1.29 is 9.90 Å². The van der Waals surface area contributed by atoms with Crippen molar-refractivity contribution in [3.63, 3.8) is 0 Å². The molecular weight excluding hydrogens is 186 g/mol. The van der Waals surface area contributed by atoms with E-state index in [-0.39, 0.29) is 18.0 Å². The zero-order valence-electron chi connectivity index (χ0n) is 7.93. The molecule has 2 N–H and O–H groups in total. The van der Waals surface area contributed by atoms with Crippen molar-refractivity contribution >= 4 is 5.97 Å². The molecular formula is C8H13N3O3. The lowest BCUT2D eigenvalue weighted by atomic mass is 10.1. The third-order valence-corrected chi connectivity index (χ3v) is 1.98. The fourth-order valence-corrected chi connectivity index (χ4v) is 1.20. The number of hydrogen-bond donors (Lipinski definition) is 2. The summed E-state index contributed by atoms with van der Waals surface area (Å²) in [6, 6.07) is 0. The number of H-pyrrole nitrogens is 1. The molecule has 6 nitrogen and oxygen atoms in total. The topological polar surface area (TPSA) is 88.0 Å². The standard InChI is InChI=1S/C8H13N3O3/c1-6(2-3-7(12)13)4-11-5-9-10-8(11)14/h5-6H,2-4H2,1H3,(H,10,14)(H,12,13). The van der Waals surface area contributed by atoms with Gasteiger partial charge in [-0.25, -0.2) is 9.89 Å². The molecule has 6 heteroatoms. The van der Waals surface area contributed by atoms with Crippen LogP contribution < -0.4 is 5.69 Å². The van der Waals surface area contributed by atoms with E-state index in [0.717, 1.165) is 0 Å². The van der Waals surface area contributed by atoms with Crippen molar-refractivity contribution in [2.24, 2.45) is 5.92 Å². The Hall–Kier alpha value is -1.59. The third-order valence-electron chi connectivity index (χ3n) is 1.98. The zero-order valence-corrected chi connectivity index (χ0v) is 7.93. The van der Waals surface area contributed by atoms with E-state index in [1.807, 2.05) is 6.92 Å². The number of nitrogens with zero attached hydrogens (tertiary/aromatic N) is 2. The van der Waals surface area contributed by atoms with Gasteiger partial charge in [0.25, 0.3) is 0 Å². The van der Waals surface area contributed by atoms with Crippen LogP contribution >= 0.6 is 0 Å². The quantitative estimate of drug-likeness (QED) is 0.702. The SMILES string of the molecule is CC(CCC(=O)O)Cn1cn[nH]c1=O. The number of carboxylic acids is 1. The molecule has 0 spiro atoms. The number of aromatic nitrogens is 3. The summed E-state index contributed by atoms with van der Waals surface area (Å²) in [5.41, 5.74) is -0.257. The first-order valence-corrected chi connectivity index (χ1v) is 4.41. The van der Waals surface area contributed by atoms with E-state index in [1.54, 1.807) is 0 Å². The lowest BCUT2D eigenvalue weighted by Crippen LogP contribution is -2.20. The minimum Gasteiger partial charge on any atom is -0.481 e. The second-order valence-corrected chi connectivity index (χ2v) is 3.35. The predicted octanol–water partition coefficient (Wildman–Crippen LogP) is 0.0723. The Bertz CT molecular complexity index is 355. The Morgan fingerprint density at radius 1 is 1.79 bits per heavy atom. The fourth-order valence-electron chi connectivity index (χ4n) is 1.20. The van der Waals surface area contributed by atoms with Crippen molar-refractivity contribution in [3.8, 4) is 0 Å². The van der Waals surface area contributed by atoms with Crippen LogP contribution in [-0.2, 0) is 11.3 Å². The first kappa shape index (κ1) is 10.5. The molecule has 0 fully saturated rings. The summed E-state index contributed by atoms with van der Waals surface area (Å²) < 4.78 is 1.44. The molecule has 14 heavy (non-hydrogen) atoms. The highest BCUT2D eigenvalue weighted by Crippen LogP contribution is 2.06. The van der Waals surface area contributed by atoms with Gasteiger partial charge in [-0.1, -0.05) is 6.92 Å². The first-order chi connectivity index (χ1) is 6.59. The van der Waals surface area contributed by atoms with Gasteiger partial charge in [0, 0.05) is 13.0 Å². The zero-order chi connectivity index (χ0) is 10.6. The number of rotatable bonds is 5. The molecule has 0 aliphatic carbocycles. The average Bonchev–Trinajstić information content (AvgIpc) is 2.49. The van der Waals surface area contributed by atoms with Crippen LogP contribution in [0.1, 0.15) is 19.8 Å². The average molecular weight is 199 g/mol. The maximum atomic E-state index is 11.0. The second-order valence-electron chi connectivity index (χ2n) is 3.35. The summed E-state index contributed by atoms with van der Waals surface area (Å²) in [4.78, 5) is 21.3. The van der Waals surface area contributed by atoms with Gasteiger partial charge in [0.2, 0.25) is 0 Å². The van der Waals surface area contributed by atoms with Crippen molar-refractivity contribution in [2.45, 2.75) is 26.3 Å². The Morgan fingerprint density at radius 2 is 2.50 bits per heavy atom. The number of carbonyl (C=O) groups is 1. The molecule has 78 valence electrons. The van der Waals surface area contributed by atoms with Crippen LogP contribution in [0.2, 0.25) is 0 Å². The van der Waals surface area contributed by atoms with Crippen LogP contribution in [0.3, 0.4) is 0 Å². The number of aromatic amines is 1. The van der Waals surface area contributed by atoms with Gasteiger partial charge >= 0.3 is 11.7 Å². The number of hydrogen-bond acceptors (Lipinski definition) is 3. The van der Waals surface area contributed by atoms with Gasteiger partial charge in [0.1, 0.15) is 6.33 Å². The minimum atomic E-state index is -0.809. The van der Waals surface area contributed by atoms with Crippen LogP contribution in [0.15, 0.2) is 11.1 Å². The molecule has 0 saturated carbocycles. The number of carboxylic acid groups (broad SMARTS) is 1. The Balaban J connectivity index is 2.41. The van der Waals surface area contributed by atoms with E-state index >= 15 is 0 Å². The van der Waals surface area contributed by atoms with Gasteiger partial charge in [-0.2, -0.15) is 5.10 Å². The van der Waals surface area contributed by atoms with Crippen LogP contribution in [0.25, 0.3) is 0 Å². The Labute approximate surface area is 80.6 Å². The number of nitrogens with one attached hydrogen (secondary N) is 1. The molecule has 0 amide bonds. The van der Waals surface area contributed by atoms with Gasteiger partial charge in [-0.3, -0.25) is 9.36 Å². The highest BCUT2D eigenvalue weighted by molar-refractivity contribution is 5.66. The van der Waals surface area contributed by atoms with Gasteiger partial charge in [0.15, 0.2) is 0 Å². The van der Waals surface area contributed by atoms with Crippen LogP contribution in [0.5, 0.6) is 0 Å². The normalized spacial score (nSPS) is 12.6. The monoisotopic (exact) mass is 199 g/mol. The Morgan fingerprint density at radius 3 is 3.00 bits per heavy atom.